The van der Waals surface area contributed by atoms with Crippen molar-refractivity contribution in [3.63, 3.8) is 0 Å². The number of fused-ring (bicyclic) bond motifs is 1. The van der Waals surface area contributed by atoms with E-state index >= 15 is 0 Å². The van der Waals surface area contributed by atoms with E-state index in [1.54, 1.807) is 37.8 Å². The number of methoxy groups -OCH3 is 3. The standard InChI is InChI=1S/C23H26N2O5S/c1-28-21-15-19(16-22(29-2)23(21)30-3)24-10-12-25(13-11-24)31(26,27)20-9-8-17-6-4-5-7-18(17)14-20/h4-9,14-16H,10-13H2,1-3H3. The molecule has 1 aliphatic heterocycles. The summed E-state index contributed by atoms with van der Waals surface area (Å²) in [6, 6.07) is 16.8. The highest BCUT2D eigenvalue weighted by molar-refractivity contribution is 7.89. The van der Waals surface area contributed by atoms with Crippen LogP contribution in [0.15, 0.2) is 59.5 Å². The molecule has 0 amide bonds. The molecule has 0 aromatic heterocycles. The fourth-order valence-electron chi connectivity index (χ4n) is 3.91. The summed E-state index contributed by atoms with van der Waals surface area (Å²) in [6.07, 6.45) is 0. The van der Waals surface area contributed by atoms with Crippen molar-refractivity contribution in [1.82, 2.24) is 4.31 Å². The number of benzene rings is 3. The summed E-state index contributed by atoms with van der Waals surface area (Å²) in [5, 5.41) is 1.94. The van der Waals surface area contributed by atoms with Crippen LogP contribution in [0.1, 0.15) is 0 Å². The highest BCUT2D eigenvalue weighted by Gasteiger charge is 2.29. The van der Waals surface area contributed by atoms with Gasteiger partial charge in [-0.25, -0.2) is 8.42 Å². The van der Waals surface area contributed by atoms with Gasteiger partial charge < -0.3 is 19.1 Å². The molecule has 4 rings (SSSR count). The van der Waals surface area contributed by atoms with Gasteiger partial charge in [-0.15, -0.1) is 0 Å². The van der Waals surface area contributed by atoms with Crippen molar-refractivity contribution in [1.29, 1.82) is 0 Å². The van der Waals surface area contributed by atoms with Gasteiger partial charge in [-0.1, -0.05) is 30.3 Å². The molecule has 7 nitrogen and oxygen atoms in total. The Morgan fingerprint density at radius 1 is 0.742 bits per heavy atom. The highest BCUT2D eigenvalue weighted by Crippen LogP contribution is 2.41. The third-order valence-electron chi connectivity index (χ3n) is 5.61. The average Bonchev–Trinajstić information content (AvgIpc) is 2.82. The molecule has 0 atom stereocenters. The van der Waals surface area contributed by atoms with Crippen LogP contribution in [0.4, 0.5) is 5.69 Å². The maximum Gasteiger partial charge on any atom is 0.243 e. The Hall–Kier alpha value is -2.97. The molecule has 0 spiro atoms. The van der Waals surface area contributed by atoms with Crippen molar-refractivity contribution in [2.45, 2.75) is 4.90 Å². The Balaban J connectivity index is 1.54. The smallest absolute Gasteiger partial charge is 0.243 e. The lowest BCUT2D eigenvalue weighted by atomic mass is 10.1. The SMILES string of the molecule is COc1cc(N2CCN(S(=O)(=O)c3ccc4ccccc4c3)CC2)cc(OC)c1OC. The second-order valence-corrected chi connectivity index (χ2v) is 9.22. The zero-order chi connectivity index (χ0) is 22.0. The van der Waals surface area contributed by atoms with E-state index in [4.69, 9.17) is 14.2 Å². The van der Waals surface area contributed by atoms with Crippen LogP contribution < -0.4 is 19.1 Å². The third-order valence-corrected chi connectivity index (χ3v) is 7.51. The van der Waals surface area contributed by atoms with Crippen LogP contribution in [0, 0.1) is 0 Å². The molecule has 0 bridgehead atoms. The first-order valence-corrected chi connectivity index (χ1v) is 11.5. The van der Waals surface area contributed by atoms with E-state index in [0.29, 0.717) is 48.3 Å². The number of hydrogen-bond donors (Lipinski definition) is 0. The fraction of sp³-hybridized carbons (Fsp3) is 0.304. The van der Waals surface area contributed by atoms with Crippen LogP contribution in [0.3, 0.4) is 0 Å². The van der Waals surface area contributed by atoms with Gasteiger partial charge in [0.15, 0.2) is 11.5 Å². The summed E-state index contributed by atoms with van der Waals surface area (Å²) < 4.78 is 44.2. The summed E-state index contributed by atoms with van der Waals surface area (Å²) in [4.78, 5) is 2.45. The number of hydrogen-bond acceptors (Lipinski definition) is 6. The topological polar surface area (TPSA) is 68.3 Å². The van der Waals surface area contributed by atoms with E-state index in [1.165, 1.54) is 0 Å². The lowest BCUT2D eigenvalue weighted by molar-refractivity contribution is 0.324. The largest absolute Gasteiger partial charge is 0.493 e. The zero-order valence-corrected chi connectivity index (χ0v) is 18.7. The molecular formula is C23H26N2O5S. The van der Waals surface area contributed by atoms with Crippen LogP contribution in [-0.4, -0.2) is 60.2 Å². The van der Waals surface area contributed by atoms with Crippen LogP contribution in [-0.2, 0) is 10.0 Å². The van der Waals surface area contributed by atoms with E-state index in [9.17, 15) is 8.42 Å². The maximum atomic E-state index is 13.2. The minimum Gasteiger partial charge on any atom is -0.493 e. The Kier molecular flexibility index (Phi) is 5.93. The molecular weight excluding hydrogens is 416 g/mol. The Morgan fingerprint density at radius 2 is 1.35 bits per heavy atom. The quantitative estimate of drug-likeness (QED) is 0.583. The second kappa shape index (κ2) is 8.64. The third kappa shape index (κ3) is 4.00. The molecule has 0 unspecified atom stereocenters. The number of nitrogens with zero attached hydrogens (tertiary/aromatic N) is 2. The summed E-state index contributed by atoms with van der Waals surface area (Å²) in [5.74, 6) is 1.68. The number of ether oxygens (including phenoxy) is 3. The van der Waals surface area contributed by atoms with Crippen LogP contribution >= 0.6 is 0 Å². The van der Waals surface area contributed by atoms with Crippen molar-refractivity contribution in [2.75, 3.05) is 52.4 Å². The van der Waals surface area contributed by atoms with Gasteiger partial charge in [0.05, 0.1) is 26.2 Å². The molecule has 0 aliphatic carbocycles. The van der Waals surface area contributed by atoms with Gasteiger partial charge in [0, 0.05) is 44.0 Å². The number of rotatable bonds is 6. The second-order valence-electron chi connectivity index (χ2n) is 7.28. The minimum absolute atomic E-state index is 0.326. The molecule has 1 heterocycles. The first-order valence-electron chi connectivity index (χ1n) is 10.0. The zero-order valence-electron chi connectivity index (χ0n) is 17.9. The molecule has 164 valence electrons. The van der Waals surface area contributed by atoms with Gasteiger partial charge in [0.25, 0.3) is 0 Å². The summed E-state index contributed by atoms with van der Waals surface area (Å²) in [6.45, 7) is 1.91. The first kappa shape index (κ1) is 21.3. The molecule has 1 fully saturated rings. The molecule has 1 saturated heterocycles. The lowest BCUT2D eigenvalue weighted by Gasteiger charge is -2.35. The van der Waals surface area contributed by atoms with Crippen molar-refractivity contribution in [3.05, 3.63) is 54.6 Å². The van der Waals surface area contributed by atoms with Gasteiger partial charge in [-0.05, 0) is 22.9 Å². The fourth-order valence-corrected chi connectivity index (χ4v) is 5.37. The van der Waals surface area contributed by atoms with Crippen LogP contribution in [0.2, 0.25) is 0 Å². The van der Waals surface area contributed by atoms with E-state index in [0.717, 1.165) is 16.5 Å². The predicted molar refractivity (Wildman–Crippen MR) is 121 cm³/mol. The maximum absolute atomic E-state index is 13.2. The molecule has 0 saturated carbocycles. The van der Waals surface area contributed by atoms with Crippen molar-refractivity contribution in [2.24, 2.45) is 0 Å². The van der Waals surface area contributed by atoms with Gasteiger partial charge >= 0.3 is 0 Å². The van der Waals surface area contributed by atoms with Gasteiger partial charge in [0.2, 0.25) is 15.8 Å². The van der Waals surface area contributed by atoms with Crippen LogP contribution in [0.25, 0.3) is 10.8 Å². The lowest BCUT2D eigenvalue weighted by Crippen LogP contribution is -2.48. The summed E-state index contributed by atoms with van der Waals surface area (Å²) >= 11 is 0. The van der Waals surface area contributed by atoms with Crippen molar-refractivity contribution in [3.8, 4) is 17.2 Å². The number of sulfonamides is 1. The number of anilines is 1. The minimum atomic E-state index is -3.56. The molecule has 31 heavy (non-hydrogen) atoms. The molecule has 0 N–H and O–H groups in total. The Morgan fingerprint density at radius 3 is 1.94 bits per heavy atom. The Labute approximate surface area is 182 Å². The van der Waals surface area contributed by atoms with Gasteiger partial charge in [0.1, 0.15) is 0 Å². The van der Waals surface area contributed by atoms with Crippen LogP contribution in [0.5, 0.6) is 17.2 Å². The first-order chi connectivity index (χ1) is 15.0. The molecule has 0 radical (unpaired) electrons. The van der Waals surface area contributed by atoms with E-state index < -0.39 is 10.0 Å². The Bertz CT molecular complexity index is 1160. The molecule has 8 heteroatoms. The molecule has 3 aromatic carbocycles. The molecule has 3 aromatic rings. The highest BCUT2D eigenvalue weighted by atomic mass is 32.2. The summed E-state index contributed by atoms with van der Waals surface area (Å²) in [7, 11) is 1.16. The normalized spacial score (nSPS) is 15.1. The van der Waals surface area contributed by atoms with E-state index in [-0.39, 0.29) is 0 Å². The summed E-state index contributed by atoms with van der Waals surface area (Å²) in [5.41, 5.74) is 0.900. The number of piperazine rings is 1. The van der Waals surface area contributed by atoms with E-state index in [2.05, 4.69) is 4.90 Å². The average molecular weight is 443 g/mol. The monoisotopic (exact) mass is 442 g/mol. The van der Waals surface area contributed by atoms with Gasteiger partial charge in [-0.2, -0.15) is 4.31 Å². The van der Waals surface area contributed by atoms with Crippen molar-refractivity contribution >= 4 is 26.5 Å². The van der Waals surface area contributed by atoms with E-state index in [1.807, 2.05) is 42.5 Å². The molecule has 1 aliphatic rings. The predicted octanol–water partition coefficient (Wildman–Crippen LogP) is 3.38. The van der Waals surface area contributed by atoms with Crippen molar-refractivity contribution < 1.29 is 22.6 Å². The van der Waals surface area contributed by atoms with Gasteiger partial charge in [-0.3, -0.25) is 0 Å².